The van der Waals surface area contributed by atoms with E-state index in [1.165, 1.54) is 12.1 Å². The third-order valence-electron chi connectivity index (χ3n) is 2.54. The molecule has 0 saturated heterocycles. The molecule has 106 valence electrons. The van der Waals surface area contributed by atoms with E-state index >= 15 is 0 Å². The quantitative estimate of drug-likeness (QED) is 0.832. The Labute approximate surface area is 125 Å². The van der Waals surface area contributed by atoms with Crippen LogP contribution in [0, 0.1) is 12.7 Å². The van der Waals surface area contributed by atoms with Gasteiger partial charge in [-0.1, -0.05) is 0 Å². The zero-order valence-corrected chi connectivity index (χ0v) is 12.7. The fraction of sp³-hybridized carbons (Fsp3) is 0.286. The van der Waals surface area contributed by atoms with Gasteiger partial charge in [-0.3, -0.25) is 4.79 Å². The lowest BCUT2D eigenvalue weighted by Crippen LogP contribution is -2.22. The van der Waals surface area contributed by atoms with Crippen LogP contribution in [0.1, 0.15) is 16.3 Å². The maximum Gasteiger partial charge on any atom is 0.221 e. The van der Waals surface area contributed by atoms with Crippen molar-refractivity contribution in [1.29, 1.82) is 0 Å². The summed E-state index contributed by atoms with van der Waals surface area (Å²) in [4.78, 5) is 17.8. The van der Waals surface area contributed by atoms with Crippen molar-refractivity contribution in [3.8, 4) is 0 Å². The summed E-state index contributed by atoms with van der Waals surface area (Å²) >= 11 is 3.13. The summed E-state index contributed by atoms with van der Waals surface area (Å²) in [6, 6.07) is 6.29. The van der Waals surface area contributed by atoms with E-state index in [0.29, 0.717) is 18.7 Å². The number of thioether (sulfide) groups is 1. The molecular formula is C14H15FN2OS2. The van der Waals surface area contributed by atoms with Crippen molar-refractivity contribution in [2.45, 2.75) is 24.8 Å². The zero-order chi connectivity index (χ0) is 14.4. The molecule has 0 atom stereocenters. The van der Waals surface area contributed by atoms with Crippen LogP contribution in [-0.2, 0) is 11.3 Å². The standard InChI is InChI=1S/C14H15FN2OS2/c1-10-16-8-13(20-10)9-17-14(18)6-7-19-12-4-2-11(15)3-5-12/h2-5,8H,6-7,9H2,1H3,(H,17,18). The predicted octanol–water partition coefficient (Wildman–Crippen LogP) is 3.39. The molecule has 3 nitrogen and oxygen atoms in total. The second kappa shape index (κ2) is 7.40. The molecule has 0 aliphatic heterocycles. The van der Waals surface area contributed by atoms with Gasteiger partial charge in [-0.25, -0.2) is 9.37 Å². The average molecular weight is 310 g/mol. The topological polar surface area (TPSA) is 42.0 Å². The SMILES string of the molecule is Cc1ncc(CNC(=O)CCSc2ccc(F)cc2)s1. The van der Waals surface area contributed by atoms with E-state index in [-0.39, 0.29) is 11.7 Å². The molecule has 0 fully saturated rings. The van der Waals surface area contributed by atoms with Gasteiger partial charge in [0.25, 0.3) is 0 Å². The molecule has 20 heavy (non-hydrogen) atoms. The number of carbonyl (C=O) groups is 1. The second-order valence-corrected chi connectivity index (χ2v) is 6.66. The van der Waals surface area contributed by atoms with E-state index in [1.54, 1.807) is 41.4 Å². The molecule has 0 spiro atoms. The van der Waals surface area contributed by atoms with Crippen LogP contribution in [0.25, 0.3) is 0 Å². The largest absolute Gasteiger partial charge is 0.351 e. The molecule has 0 saturated carbocycles. The smallest absolute Gasteiger partial charge is 0.221 e. The summed E-state index contributed by atoms with van der Waals surface area (Å²) in [7, 11) is 0. The van der Waals surface area contributed by atoms with Crippen molar-refractivity contribution in [3.63, 3.8) is 0 Å². The average Bonchev–Trinajstić information content (AvgIpc) is 2.85. The van der Waals surface area contributed by atoms with Crippen LogP contribution in [0.15, 0.2) is 35.4 Å². The molecule has 1 heterocycles. The van der Waals surface area contributed by atoms with Gasteiger partial charge < -0.3 is 5.32 Å². The molecule has 0 unspecified atom stereocenters. The van der Waals surface area contributed by atoms with Crippen molar-refractivity contribution in [3.05, 3.63) is 46.2 Å². The molecular weight excluding hydrogens is 295 g/mol. The van der Waals surface area contributed by atoms with E-state index in [9.17, 15) is 9.18 Å². The molecule has 1 amide bonds. The third kappa shape index (κ3) is 4.94. The molecule has 1 N–H and O–H groups in total. The Balaban J connectivity index is 1.66. The fourth-order valence-electron chi connectivity index (χ4n) is 1.55. The molecule has 1 aromatic heterocycles. The minimum Gasteiger partial charge on any atom is -0.351 e. The highest BCUT2D eigenvalue weighted by atomic mass is 32.2. The number of hydrogen-bond acceptors (Lipinski definition) is 4. The second-order valence-electron chi connectivity index (χ2n) is 4.17. The summed E-state index contributed by atoms with van der Waals surface area (Å²) in [5.74, 6) is 0.455. The van der Waals surface area contributed by atoms with Gasteiger partial charge in [0.1, 0.15) is 5.82 Å². The van der Waals surface area contributed by atoms with Gasteiger partial charge in [0, 0.05) is 28.1 Å². The zero-order valence-electron chi connectivity index (χ0n) is 11.1. The van der Waals surface area contributed by atoms with Crippen molar-refractivity contribution < 1.29 is 9.18 Å². The number of carbonyl (C=O) groups excluding carboxylic acids is 1. The first-order valence-electron chi connectivity index (χ1n) is 6.20. The Hall–Kier alpha value is -1.40. The molecule has 6 heteroatoms. The summed E-state index contributed by atoms with van der Waals surface area (Å²) in [5, 5.41) is 3.87. The Bertz CT molecular complexity index is 569. The fourth-order valence-corrected chi connectivity index (χ4v) is 3.14. The van der Waals surface area contributed by atoms with Gasteiger partial charge in [-0.15, -0.1) is 23.1 Å². The van der Waals surface area contributed by atoms with Crippen LogP contribution in [0.4, 0.5) is 4.39 Å². The lowest BCUT2D eigenvalue weighted by molar-refractivity contribution is -0.120. The summed E-state index contributed by atoms with van der Waals surface area (Å²) < 4.78 is 12.7. The summed E-state index contributed by atoms with van der Waals surface area (Å²) in [5.41, 5.74) is 0. The van der Waals surface area contributed by atoms with Crippen molar-refractivity contribution in [1.82, 2.24) is 10.3 Å². The van der Waals surface area contributed by atoms with Crippen LogP contribution in [0.5, 0.6) is 0 Å². The monoisotopic (exact) mass is 310 g/mol. The number of nitrogens with zero attached hydrogens (tertiary/aromatic N) is 1. The van der Waals surface area contributed by atoms with E-state index in [1.807, 2.05) is 6.92 Å². The van der Waals surface area contributed by atoms with Crippen LogP contribution in [-0.4, -0.2) is 16.6 Å². The van der Waals surface area contributed by atoms with Crippen molar-refractivity contribution >= 4 is 29.0 Å². The molecule has 1 aromatic carbocycles. The molecule has 0 aliphatic rings. The maximum atomic E-state index is 12.7. The minimum absolute atomic E-state index is 0.0191. The number of rotatable bonds is 6. The van der Waals surface area contributed by atoms with Crippen LogP contribution < -0.4 is 5.32 Å². The number of thiazole rings is 1. The lowest BCUT2D eigenvalue weighted by atomic mass is 10.4. The predicted molar refractivity (Wildman–Crippen MR) is 80.4 cm³/mol. The van der Waals surface area contributed by atoms with E-state index in [4.69, 9.17) is 0 Å². The first kappa shape index (κ1) is 15.0. The van der Waals surface area contributed by atoms with Crippen LogP contribution >= 0.6 is 23.1 Å². The maximum absolute atomic E-state index is 12.7. The molecule has 2 rings (SSSR count). The Kier molecular flexibility index (Phi) is 5.55. The normalized spacial score (nSPS) is 10.5. The van der Waals surface area contributed by atoms with Crippen LogP contribution in [0.2, 0.25) is 0 Å². The molecule has 2 aromatic rings. The molecule has 0 aliphatic carbocycles. The highest BCUT2D eigenvalue weighted by molar-refractivity contribution is 7.99. The minimum atomic E-state index is -0.244. The highest BCUT2D eigenvalue weighted by Gasteiger charge is 2.04. The summed E-state index contributed by atoms with van der Waals surface area (Å²) in [6.45, 7) is 2.47. The van der Waals surface area contributed by atoms with Gasteiger partial charge in [0.2, 0.25) is 5.91 Å². The number of aromatic nitrogens is 1. The number of aryl methyl sites for hydroxylation is 1. The third-order valence-corrected chi connectivity index (χ3v) is 4.47. The number of nitrogens with one attached hydrogen (secondary N) is 1. The van der Waals surface area contributed by atoms with Gasteiger partial charge in [0.05, 0.1) is 11.6 Å². The van der Waals surface area contributed by atoms with Crippen molar-refractivity contribution in [2.75, 3.05) is 5.75 Å². The van der Waals surface area contributed by atoms with Crippen molar-refractivity contribution in [2.24, 2.45) is 0 Å². The number of benzene rings is 1. The van der Waals surface area contributed by atoms with E-state index in [0.717, 1.165) is 14.8 Å². The Morgan fingerprint density at radius 2 is 2.15 bits per heavy atom. The first-order valence-corrected chi connectivity index (χ1v) is 8.00. The van der Waals surface area contributed by atoms with Crippen LogP contribution in [0.3, 0.4) is 0 Å². The van der Waals surface area contributed by atoms with Gasteiger partial charge in [-0.2, -0.15) is 0 Å². The van der Waals surface area contributed by atoms with E-state index < -0.39 is 0 Å². The first-order chi connectivity index (χ1) is 9.63. The molecule has 0 radical (unpaired) electrons. The van der Waals surface area contributed by atoms with Gasteiger partial charge in [-0.05, 0) is 31.2 Å². The van der Waals surface area contributed by atoms with E-state index in [2.05, 4.69) is 10.3 Å². The highest BCUT2D eigenvalue weighted by Crippen LogP contribution is 2.18. The number of hydrogen-bond donors (Lipinski definition) is 1. The molecule has 0 bridgehead atoms. The Morgan fingerprint density at radius 3 is 2.80 bits per heavy atom. The number of amides is 1. The lowest BCUT2D eigenvalue weighted by Gasteiger charge is -2.03. The summed E-state index contributed by atoms with van der Waals surface area (Å²) in [6.07, 6.45) is 2.23. The van der Waals surface area contributed by atoms with Gasteiger partial charge in [0.15, 0.2) is 0 Å². The Morgan fingerprint density at radius 1 is 1.40 bits per heavy atom. The van der Waals surface area contributed by atoms with Gasteiger partial charge >= 0.3 is 0 Å². The number of halogens is 1.